The van der Waals surface area contributed by atoms with Crippen LogP contribution in [0.15, 0.2) is 34.0 Å². The number of hydrogen-bond donors (Lipinski definition) is 2. The van der Waals surface area contributed by atoms with Gasteiger partial charge in [0.15, 0.2) is 5.69 Å². The fourth-order valence-electron chi connectivity index (χ4n) is 2.97. The van der Waals surface area contributed by atoms with Crippen molar-refractivity contribution in [1.82, 2.24) is 30.7 Å². The van der Waals surface area contributed by atoms with Crippen LogP contribution in [0.3, 0.4) is 0 Å². The summed E-state index contributed by atoms with van der Waals surface area (Å²) < 4.78 is 5.84. The van der Waals surface area contributed by atoms with Crippen molar-refractivity contribution in [1.29, 1.82) is 0 Å². The van der Waals surface area contributed by atoms with Crippen LogP contribution in [0.2, 0.25) is 0 Å². The van der Waals surface area contributed by atoms with Gasteiger partial charge in [-0.05, 0) is 42.1 Å². The number of fused-ring (bicyclic) bond motifs is 1. The highest BCUT2D eigenvalue weighted by Crippen LogP contribution is 2.21. The van der Waals surface area contributed by atoms with Crippen LogP contribution < -0.4 is 11.2 Å². The highest BCUT2D eigenvalue weighted by Gasteiger charge is 2.21. The van der Waals surface area contributed by atoms with E-state index in [0.717, 1.165) is 30.5 Å². The van der Waals surface area contributed by atoms with E-state index in [9.17, 15) is 4.79 Å². The number of nitrogens with two attached hydrogens (primary N) is 1. The number of hydrazone groups is 1. The van der Waals surface area contributed by atoms with Crippen LogP contribution >= 0.6 is 0 Å². The van der Waals surface area contributed by atoms with E-state index in [1.54, 1.807) is 6.92 Å². The van der Waals surface area contributed by atoms with Crippen molar-refractivity contribution < 1.29 is 9.42 Å². The molecule has 0 saturated heterocycles. The fourth-order valence-corrected chi connectivity index (χ4v) is 2.97. The van der Waals surface area contributed by atoms with Crippen LogP contribution in [0.25, 0.3) is 5.82 Å². The minimum atomic E-state index is -0.459. The summed E-state index contributed by atoms with van der Waals surface area (Å²) in [6.45, 7) is 1.67. The molecule has 132 valence electrons. The second kappa shape index (κ2) is 6.39. The minimum Gasteiger partial charge on any atom is -0.378 e. The first kappa shape index (κ1) is 15.9. The Hall–Kier alpha value is -3.56. The van der Waals surface area contributed by atoms with Gasteiger partial charge in [0.25, 0.3) is 5.91 Å². The summed E-state index contributed by atoms with van der Waals surface area (Å²) in [7, 11) is 0. The number of benzene rings is 1. The molecule has 0 spiro atoms. The third-order valence-electron chi connectivity index (χ3n) is 4.29. The van der Waals surface area contributed by atoms with Crippen LogP contribution in [-0.4, -0.2) is 36.9 Å². The Labute approximate surface area is 148 Å². The number of carbonyl (C=O) groups is 1. The second-order valence-electron chi connectivity index (χ2n) is 5.92. The maximum Gasteiger partial charge on any atom is 0.293 e. The SMILES string of the molecule is Cc1c(C(=O)NN=C2CCCc3ccccc32)nnn1-c1nonc1N. The largest absolute Gasteiger partial charge is 0.378 e. The summed E-state index contributed by atoms with van der Waals surface area (Å²) in [6, 6.07) is 8.07. The van der Waals surface area contributed by atoms with Crippen molar-refractivity contribution in [3.8, 4) is 5.82 Å². The van der Waals surface area contributed by atoms with E-state index in [-0.39, 0.29) is 17.3 Å². The van der Waals surface area contributed by atoms with Gasteiger partial charge in [-0.2, -0.15) is 9.78 Å². The predicted molar refractivity (Wildman–Crippen MR) is 91.7 cm³/mol. The Balaban J connectivity index is 1.57. The second-order valence-corrected chi connectivity index (χ2v) is 5.92. The molecule has 0 bridgehead atoms. The lowest BCUT2D eigenvalue weighted by atomic mass is 9.90. The number of nitrogen functional groups attached to an aromatic ring is 1. The van der Waals surface area contributed by atoms with E-state index < -0.39 is 5.91 Å². The monoisotopic (exact) mass is 352 g/mol. The molecule has 3 aromatic rings. The average molecular weight is 352 g/mol. The van der Waals surface area contributed by atoms with Crippen molar-refractivity contribution in [2.45, 2.75) is 26.2 Å². The number of nitrogens with zero attached hydrogens (tertiary/aromatic N) is 6. The highest BCUT2D eigenvalue weighted by molar-refractivity contribution is 6.03. The van der Waals surface area contributed by atoms with Crippen molar-refractivity contribution in [3.05, 3.63) is 46.8 Å². The number of aromatic nitrogens is 5. The number of carbonyl (C=O) groups excluding carboxylic acids is 1. The molecule has 1 aliphatic carbocycles. The van der Waals surface area contributed by atoms with Crippen LogP contribution in [0.4, 0.5) is 5.82 Å². The molecule has 10 nitrogen and oxygen atoms in total. The van der Waals surface area contributed by atoms with E-state index in [2.05, 4.69) is 41.8 Å². The van der Waals surface area contributed by atoms with Crippen LogP contribution in [-0.2, 0) is 6.42 Å². The summed E-state index contributed by atoms with van der Waals surface area (Å²) in [5.74, 6) is -0.218. The van der Waals surface area contributed by atoms with Crippen molar-refractivity contribution in [2.24, 2.45) is 5.10 Å². The van der Waals surface area contributed by atoms with E-state index in [0.29, 0.717) is 5.69 Å². The van der Waals surface area contributed by atoms with Crippen LogP contribution in [0.5, 0.6) is 0 Å². The molecule has 0 saturated carbocycles. The van der Waals surface area contributed by atoms with Crippen LogP contribution in [0, 0.1) is 6.92 Å². The molecule has 2 aromatic heterocycles. The molecule has 0 aliphatic heterocycles. The van der Waals surface area contributed by atoms with Gasteiger partial charge in [0.1, 0.15) is 0 Å². The van der Waals surface area contributed by atoms with Gasteiger partial charge < -0.3 is 5.73 Å². The quantitative estimate of drug-likeness (QED) is 0.671. The molecule has 1 amide bonds. The zero-order chi connectivity index (χ0) is 18.1. The van der Waals surface area contributed by atoms with Gasteiger partial charge in [0.05, 0.1) is 11.4 Å². The number of rotatable bonds is 3. The molecule has 0 fully saturated rings. The zero-order valence-electron chi connectivity index (χ0n) is 14.0. The normalized spacial score (nSPS) is 15.0. The van der Waals surface area contributed by atoms with Crippen molar-refractivity contribution in [2.75, 3.05) is 5.73 Å². The fraction of sp³-hybridized carbons (Fsp3) is 0.250. The lowest BCUT2D eigenvalue weighted by Gasteiger charge is -2.17. The Morgan fingerprint density at radius 3 is 2.96 bits per heavy atom. The third-order valence-corrected chi connectivity index (χ3v) is 4.29. The first-order valence-electron chi connectivity index (χ1n) is 8.11. The Kier molecular flexibility index (Phi) is 3.92. The summed E-state index contributed by atoms with van der Waals surface area (Å²) in [5.41, 5.74) is 12.0. The molecule has 3 N–H and O–H groups in total. The highest BCUT2D eigenvalue weighted by atomic mass is 16.6. The van der Waals surface area contributed by atoms with Gasteiger partial charge in [0.2, 0.25) is 11.6 Å². The molecule has 2 heterocycles. The van der Waals surface area contributed by atoms with Gasteiger partial charge in [0, 0.05) is 5.56 Å². The van der Waals surface area contributed by atoms with E-state index >= 15 is 0 Å². The maximum atomic E-state index is 12.5. The summed E-state index contributed by atoms with van der Waals surface area (Å²) >= 11 is 0. The Bertz CT molecular complexity index is 1000. The molecule has 0 unspecified atom stereocenters. The number of aryl methyl sites for hydroxylation is 1. The number of anilines is 1. The van der Waals surface area contributed by atoms with Gasteiger partial charge >= 0.3 is 0 Å². The standard InChI is InChI=1S/C16H16N8O2/c1-9-13(19-23-24(9)15-14(17)21-26-22-15)16(25)20-18-12-8-4-6-10-5-2-3-7-11(10)12/h2-3,5,7H,4,6,8H2,1H3,(H2,17,21)(H,20,25). The van der Waals surface area contributed by atoms with E-state index in [1.165, 1.54) is 10.2 Å². The first-order chi connectivity index (χ1) is 12.6. The Morgan fingerprint density at radius 2 is 2.15 bits per heavy atom. The lowest BCUT2D eigenvalue weighted by Crippen LogP contribution is -2.23. The van der Waals surface area contributed by atoms with E-state index in [4.69, 9.17) is 5.73 Å². The van der Waals surface area contributed by atoms with Gasteiger partial charge in [-0.15, -0.1) is 5.10 Å². The molecule has 1 aliphatic rings. The first-order valence-corrected chi connectivity index (χ1v) is 8.11. The maximum absolute atomic E-state index is 12.5. The molecule has 0 radical (unpaired) electrons. The summed E-state index contributed by atoms with van der Waals surface area (Å²) in [4.78, 5) is 12.5. The van der Waals surface area contributed by atoms with Crippen LogP contribution in [0.1, 0.15) is 40.2 Å². The molecule has 10 heteroatoms. The van der Waals surface area contributed by atoms with Crippen molar-refractivity contribution in [3.63, 3.8) is 0 Å². The minimum absolute atomic E-state index is 0.0593. The number of amides is 1. The third kappa shape index (κ3) is 2.70. The molecular formula is C16H16N8O2. The number of hydrogen-bond acceptors (Lipinski definition) is 8. The predicted octanol–water partition coefficient (Wildman–Crippen LogP) is 1.01. The van der Waals surface area contributed by atoms with Gasteiger partial charge in [-0.3, -0.25) is 4.79 Å². The molecule has 4 rings (SSSR count). The summed E-state index contributed by atoms with van der Waals surface area (Å²) in [5, 5.41) is 19.2. The smallest absolute Gasteiger partial charge is 0.293 e. The van der Waals surface area contributed by atoms with Gasteiger partial charge in [-0.1, -0.05) is 29.5 Å². The summed E-state index contributed by atoms with van der Waals surface area (Å²) in [6.07, 6.45) is 2.83. The lowest BCUT2D eigenvalue weighted by molar-refractivity contribution is 0.0949. The molecule has 0 atom stereocenters. The number of nitrogens with one attached hydrogen (secondary N) is 1. The molecular weight excluding hydrogens is 336 g/mol. The topological polar surface area (TPSA) is 137 Å². The van der Waals surface area contributed by atoms with E-state index in [1.807, 2.05) is 18.2 Å². The average Bonchev–Trinajstić information content (AvgIpc) is 3.24. The van der Waals surface area contributed by atoms with Gasteiger partial charge in [-0.25, -0.2) is 10.1 Å². The van der Waals surface area contributed by atoms with Crippen molar-refractivity contribution >= 4 is 17.4 Å². The molecule has 1 aromatic carbocycles. The molecule has 26 heavy (non-hydrogen) atoms. The Morgan fingerprint density at radius 1 is 1.31 bits per heavy atom. The zero-order valence-corrected chi connectivity index (χ0v) is 14.0.